The lowest BCUT2D eigenvalue weighted by Crippen LogP contribution is -1.98. The van der Waals surface area contributed by atoms with Crippen molar-refractivity contribution >= 4 is 0 Å². The van der Waals surface area contributed by atoms with Crippen molar-refractivity contribution in [2.24, 2.45) is 14.1 Å². The van der Waals surface area contributed by atoms with Gasteiger partial charge in [0.2, 0.25) is 0 Å². The minimum absolute atomic E-state index is 0.911. The average Bonchev–Trinajstić information content (AvgIpc) is 2.98. The van der Waals surface area contributed by atoms with Crippen molar-refractivity contribution in [3.8, 4) is 22.8 Å². The lowest BCUT2D eigenvalue weighted by molar-refractivity contribution is 0.769. The maximum atomic E-state index is 4.66. The summed E-state index contributed by atoms with van der Waals surface area (Å²) in [5.74, 6) is 0. The Morgan fingerprint density at radius 3 is 1.67 bits per heavy atom. The molecule has 3 aromatic heterocycles. The number of rotatable bonds is 2. The topological polar surface area (TPSA) is 48.5 Å². The van der Waals surface area contributed by atoms with Gasteiger partial charge in [0.1, 0.15) is 0 Å². The molecule has 0 unspecified atom stereocenters. The fourth-order valence-electron chi connectivity index (χ4n) is 1.97. The highest BCUT2D eigenvalue weighted by atomic mass is 15.3. The summed E-state index contributed by atoms with van der Waals surface area (Å²) in [6.07, 6.45) is 3.54. The first-order valence-corrected chi connectivity index (χ1v) is 5.69. The highest BCUT2D eigenvalue weighted by molar-refractivity contribution is 5.61. The van der Waals surface area contributed by atoms with Crippen LogP contribution in [-0.4, -0.2) is 24.5 Å². The molecule has 0 aliphatic carbocycles. The van der Waals surface area contributed by atoms with Crippen molar-refractivity contribution in [3.05, 3.63) is 42.7 Å². The van der Waals surface area contributed by atoms with Crippen molar-refractivity contribution < 1.29 is 0 Å². The zero-order valence-electron chi connectivity index (χ0n) is 10.3. The Morgan fingerprint density at radius 1 is 0.778 bits per heavy atom. The third kappa shape index (κ3) is 1.69. The van der Waals surface area contributed by atoms with Gasteiger partial charge in [-0.25, -0.2) is 4.98 Å². The monoisotopic (exact) mass is 239 g/mol. The molecule has 5 heteroatoms. The van der Waals surface area contributed by atoms with Gasteiger partial charge in [-0.15, -0.1) is 0 Å². The van der Waals surface area contributed by atoms with Gasteiger partial charge in [-0.2, -0.15) is 10.2 Å². The third-order valence-electron chi connectivity index (χ3n) is 2.92. The normalized spacial score (nSPS) is 10.8. The molecular formula is C13H13N5. The Morgan fingerprint density at radius 2 is 1.28 bits per heavy atom. The Balaban J connectivity index is 2.11. The molecular weight excluding hydrogens is 226 g/mol. The summed E-state index contributed by atoms with van der Waals surface area (Å²) >= 11 is 0. The molecule has 18 heavy (non-hydrogen) atoms. The first-order chi connectivity index (χ1) is 8.75. The summed E-state index contributed by atoms with van der Waals surface area (Å²) in [5.41, 5.74) is 3.82. The predicted octanol–water partition coefficient (Wildman–Crippen LogP) is 1.88. The van der Waals surface area contributed by atoms with Gasteiger partial charge < -0.3 is 0 Å². The molecule has 0 aliphatic rings. The number of hydrogen-bond acceptors (Lipinski definition) is 3. The summed E-state index contributed by atoms with van der Waals surface area (Å²) in [7, 11) is 3.82. The van der Waals surface area contributed by atoms with Crippen molar-refractivity contribution in [3.63, 3.8) is 0 Å². The molecule has 90 valence electrons. The second-order valence-corrected chi connectivity index (χ2v) is 4.09. The number of aryl methyl sites for hydroxylation is 2. The van der Waals surface area contributed by atoms with Crippen LogP contribution in [-0.2, 0) is 14.1 Å². The standard InChI is InChI=1S/C13H13N5/c1-17-12(6-8-14-17)10-4-3-5-11(16-10)13-7-9-15-18(13)2/h3-9H,1-2H3. The average molecular weight is 239 g/mol. The number of aromatic nitrogens is 5. The van der Waals surface area contributed by atoms with E-state index in [0.29, 0.717) is 0 Å². The Labute approximate surface area is 105 Å². The van der Waals surface area contributed by atoms with E-state index >= 15 is 0 Å². The molecule has 0 aliphatic heterocycles. The highest BCUT2D eigenvalue weighted by Crippen LogP contribution is 2.21. The molecule has 3 aromatic rings. The summed E-state index contributed by atoms with van der Waals surface area (Å²) < 4.78 is 3.63. The maximum absolute atomic E-state index is 4.66. The molecule has 0 radical (unpaired) electrons. The quantitative estimate of drug-likeness (QED) is 0.686. The van der Waals surface area contributed by atoms with Gasteiger partial charge in [0, 0.05) is 26.5 Å². The Kier molecular flexibility index (Phi) is 2.44. The molecule has 0 aromatic carbocycles. The van der Waals surface area contributed by atoms with Gasteiger partial charge in [-0.05, 0) is 24.3 Å². The van der Waals surface area contributed by atoms with E-state index in [1.54, 1.807) is 12.4 Å². The second kappa shape index (κ2) is 4.10. The smallest absolute Gasteiger partial charge is 0.0891 e. The van der Waals surface area contributed by atoms with Crippen LogP contribution in [0.3, 0.4) is 0 Å². The number of nitrogens with zero attached hydrogens (tertiary/aromatic N) is 5. The molecule has 0 atom stereocenters. The second-order valence-electron chi connectivity index (χ2n) is 4.09. The summed E-state index contributed by atoms with van der Waals surface area (Å²) in [5, 5.41) is 8.32. The van der Waals surface area contributed by atoms with Gasteiger partial charge in [0.05, 0.1) is 22.8 Å². The van der Waals surface area contributed by atoms with E-state index in [1.165, 1.54) is 0 Å². The van der Waals surface area contributed by atoms with Crippen LogP contribution in [0.25, 0.3) is 22.8 Å². The summed E-state index contributed by atoms with van der Waals surface area (Å²) in [4.78, 5) is 4.66. The minimum Gasteiger partial charge on any atom is -0.266 e. The van der Waals surface area contributed by atoms with Crippen LogP contribution < -0.4 is 0 Å². The van der Waals surface area contributed by atoms with E-state index in [2.05, 4.69) is 15.2 Å². The minimum atomic E-state index is 0.911. The predicted molar refractivity (Wildman–Crippen MR) is 68.6 cm³/mol. The van der Waals surface area contributed by atoms with Crippen molar-refractivity contribution in [2.45, 2.75) is 0 Å². The van der Waals surface area contributed by atoms with E-state index in [4.69, 9.17) is 0 Å². The molecule has 0 fully saturated rings. The zero-order valence-corrected chi connectivity index (χ0v) is 10.3. The van der Waals surface area contributed by atoms with E-state index in [-0.39, 0.29) is 0 Å². The van der Waals surface area contributed by atoms with Gasteiger partial charge in [0.25, 0.3) is 0 Å². The Hall–Kier alpha value is -2.43. The molecule has 0 saturated carbocycles. The van der Waals surface area contributed by atoms with Crippen molar-refractivity contribution in [2.75, 3.05) is 0 Å². The zero-order chi connectivity index (χ0) is 12.5. The molecule has 0 bridgehead atoms. The van der Waals surface area contributed by atoms with E-state index in [9.17, 15) is 0 Å². The van der Waals surface area contributed by atoms with Gasteiger partial charge >= 0.3 is 0 Å². The van der Waals surface area contributed by atoms with Crippen LogP contribution in [0, 0.1) is 0 Å². The molecule has 0 spiro atoms. The number of pyridine rings is 1. The van der Waals surface area contributed by atoms with Crippen LogP contribution in [0.15, 0.2) is 42.7 Å². The first kappa shape index (κ1) is 10.7. The molecule has 3 heterocycles. The Bertz CT molecular complexity index is 625. The lowest BCUT2D eigenvalue weighted by Gasteiger charge is -2.05. The van der Waals surface area contributed by atoms with Gasteiger partial charge in [-0.3, -0.25) is 9.36 Å². The molecule has 0 N–H and O–H groups in total. The third-order valence-corrected chi connectivity index (χ3v) is 2.92. The number of hydrogen-bond donors (Lipinski definition) is 0. The molecule has 3 rings (SSSR count). The maximum Gasteiger partial charge on any atom is 0.0891 e. The first-order valence-electron chi connectivity index (χ1n) is 5.69. The fourth-order valence-corrected chi connectivity index (χ4v) is 1.97. The van der Waals surface area contributed by atoms with Crippen molar-refractivity contribution in [1.82, 2.24) is 24.5 Å². The van der Waals surface area contributed by atoms with Crippen LogP contribution in [0.2, 0.25) is 0 Å². The van der Waals surface area contributed by atoms with Gasteiger partial charge in [0.15, 0.2) is 0 Å². The fraction of sp³-hybridized carbons (Fsp3) is 0.154. The SMILES string of the molecule is Cn1nccc1-c1cccc(-c2ccnn2C)n1. The van der Waals surface area contributed by atoms with Crippen LogP contribution in [0.1, 0.15) is 0 Å². The van der Waals surface area contributed by atoms with Crippen LogP contribution >= 0.6 is 0 Å². The van der Waals surface area contributed by atoms with Crippen molar-refractivity contribution in [1.29, 1.82) is 0 Å². The van der Waals surface area contributed by atoms with E-state index in [1.807, 2.05) is 53.8 Å². The van der Waals surface area contributed by atoms with E-state index in [0.717, 1.165) is 22.8 Å². The lowest BCUT2D eigenvalue weighted by atomic mass is 10.2. The largest absolute Gasteiger partial charge is 0.266 e. The van der Waals surface area contributed by atoms with Crippen LogP contribution in [0.4, 0.5) is 0 Å². The molecule has 0 amide bonds. The van der Waals surface area contributed by atoms with E-state index < -0.39 is 0 Å². The molecule has 0 saturated heterocycles. The highest BCUT2D eigenvalue weighted by Gasteiger charge is 2.08. The van der Waals surface area contributed by atoms with Gasteiger partial charge in [-0.1, -0.05) is 6.07 Å². The summed E-state index contributed by atoms with van der Waals surface area (Å²) in [6, 6.07) is 9.87. The molecule has 5 nitrogen and oxygen atoms in total. The van der Waals surface area contributed by atoms with Crippen LogP contribution in [0.5, 0.6) is 0 Å². The summed E-state index contributed by atoms with van der Waals surface area (Å²) in [6.45, 7) is 0.